The summed E-state index contributed by atoms with van der Waals surface area (Å²) < 4.78 is 0.583. The highest BCUT2D eigenvalue weighted by atomic mass is 79.9. The molecule has 1 N–H and O–H groups in total. The second-order valence-electron chi connectivity index (χ2n) is 4.12. The van der Waals surface area contributed by atoms with Crippen molar-refractivity contribution in [1.82, 2.24) is 4.98 Å². The van der Waals surface area contributed by atoms with Crippen molar-refractivity contribution in [1.29, 1.82) is 0 Å². The molecule has 2 aromatic rings. The van der Waals surface area contributed by atoms with Gasteiger partial charge < -0.3 is 5.32 Å². The summed E-state index contributed by atoms with van der Waals surface area (Å²) >= 11 is 3.17. The molecule has 2 rings (SSSR count). The van der Waals surface area contributed by atoms with Crippen LogP contribution in [0.3, 0.4) is 0 Å². The Morgan fingerprint density at radius 1 is 1.37 bits per heavy atom. The maximum atomic E-state index is 10.9. The summed E-state index contributed by atoms with van der Waals surface area (Å²) in [4.78, 5) is 14.5. The zero-order valence-electron chi connectivity index (χ0n) is 10.3. The van der Waals surface area contributed by atoms with E-state index in [1.807, 2.05) is 31.2 Å². The molecule has 0 spiro atoms. The van der Waals surface area contributed by atoms with Gasteiger partial charge in [-0.05, 0) is 28.4 Å². The Balaban J connectivity index is 2.15. The maximum Gasteiger partial charge on any atom is 0.312 e. The fourth-order valence-corrected chi connectivity index (χ4v) is 1.91. The van der Waals surface area contributed by atoms with Gasteiger partial charge in [0.05, 0.1) is 4.92 Å². The Morgan fingerprint density at radius 2 is 2.05 bits per heavy atom. The van der Waals surface area contributed by atoms with Crippen molar-refractivity contribution in [2.45, 2.75) is 13.5 Å². The van der Waals surface area contributed by atoms with Crippen LogP contribution in [0.15, 0.2) is 41.0 Å². The van der Waals surface area contributed by atoms with Gasteiger partial charge in [-0.15, -0.1) is 0 Å². The Labute approximate surface area is 119 Å². The fourth-order valence-electron chi connectivity index (χ4n) is 1.60. The van der Waals surface area contributed by atoms with Crippen LogP contribution in [-0.2, 0) is 6.54 Å². The van der Waals surface area contributed by atoms with Crippen molar-refractivity contribution in [2.75, 3.05) is 5.32 Å². The molecule has 0 atom stereocenters. The van der Waals surface area contributed by atoms with Crippen LogP contribution < -0.4 is 5.32 Å². The summed E-state index contributed by atoms with van der Waals surface area (Å²) in [5.74, 6) is 0.272. The van der Waals surface area contributed by atoms with Crippen LogP contribution in [0.1, 0.15) is 11.1 Å². The number of nitrogens with zero attached hydrogens (tertiary/aromatic N) is 2. The first kappa shape index (κ1) is 13.5. The minimum Gasteiger partial charge on any atom is -0.360 e. The minimum absolute atomic E-state index is 0.0403. The predicted molar refractivity (Wildman–Crippen MR) is 77.1 cm³/mol. The van der Waals surface area contributed by atoms with E-state index in [0.717, 1.165) is 5.56 Å². The smallest absolute Gasteiger partial charge is 0.312 e. The normalized spacial score (nSPS) is 10.2. The summed E-state index contributed by atoms with van der Waals surface area (Å²) in [6.45, 7) is 2.51. The van der Waals surface area contributed by atoms with Crippen molar-refractivity contribution in [3.63, 3.8) is 0 Å². The van der Waals surface area contributed by atoms with Crippen LogP contribution in [0.4, 0.5) is 11.5 Å². The quantitative estimate of drug-likeness (QED) is 0.689. The zero-order valence-corrected chi connectivity index (χ0v) is 11.8. The molecule has 0 aliphatic heterocycles. The van der Waals surface area contributed by atoms with Gasteiger partial charge in [-0.25, -0.2) is 4.98 Å². The third kappa shape index (κ3) is 3.51. The van der Waals surface area contributed by atoms with Crippen LogP contribution in [-0.4, -0.2) is 9.91 Å². The molecule has 1 aromatic carbocycles. The molecule has 0 aliphatic rings. The van der Waals surface area contributed by atoms with Gasteiger partial charge in [-0.1, -0.05) is 29.8 Å². The number of anilines is 1. The molecule has 19 heavy (non-hydrogen) atoms. The summed E-state index contributed by atoms with van der Waals surface area (Å²) in [5.41, 5.74) is 2.18. The molecular weight excluding hydrogens is 310 g/mol. The van der Waals surface area contributed by atoms with Crippen LogP contribution in [0, 0.1) is 17.0 Å². The van der Waals surface area contributed by atoms with Gasteiger partial charge >= 0.3 is 5.69 Å². The fraction of sp³-hybridized carbons (Fsp3) is 0.154. The zero-order chi connectivity index (χ0) is 13.8. The number of pyridine rings is 1. The molecule has 0 aliphatic carbocycles. The van der Waals surface area contributed by atoms with E-state index >= 15 is 0 Å². The molecule has 0 saturated carbocycles. The molecule has 98 valence electrons. The van der Waals surface area contributed by atoms with Crippen LogP contribution in [0.5, 0.6) is 0 Å². The molecule has 0 unspecified atom stereocenters. The second-order valence-corrected chi connectivity index (χ2v) is 5.03. The molecule has 6 heteroatoms. The third-order valence-corrected chi connectivity index (χ3v) is 3.05. The van der Waals surface area contributed by atoms with Gasteiger partial charge in [0.1, 0.15) is 0 Å². The molecule has 0 amide bonds. The van der Waals surface area contributed by atoms with E-state index < -0.39 is 4.92 Å². The third-order valence-electron chi connectivity index (χ3n) is 2.61. The Kier molecular flexibility index (Phi) is 4.11. The van der Waals surface area contributed by atoms with Gasteiger partial charge in [-0.3, -0.25) is 10.1 Å². The number of aromatic nitrogens is 1. The van der Waals surface area contributed by atoms with E-state index in [0.29, 0.717) is 11.0 Å². The molecule has 0 radical (unpaired) electrons. The first-order chi connectivity index (χ1) is 9.06. The SMILES string of the molecule is Cc1ccc(CNc2ncc(Br)cc2[N+](=O)[O-])cc1. The molecule has 5 nitrogen and oxygen atoms in total. The topological polar surface area (TPSA) is 68.1 Å². The highest BCUT2D eigenvalue weighted by molar-refractivity contribution is 9.10. The van der Waals surface area contributed by atoms with E-state index in [1.54, 1.807) is 0 Å². The lowest BCUT2D eigenvalue weighted by Crippen LogP contribution is -2.04. The van der Waals surface area contributed by atoms with Crippen molar-refractivity contribution < 1.29 is 4.92 Å². The molecule has 1 aromatic heterocycles. The van der Waals surface area contributed by atoms with Crippen LogP contribution >= 0.6 is 15.9 Å². The van der Waals surface area contributed by atoms with Crippen LogP contribution in [0.25, 0.3) is 0 Å². The summed E-state index contributed by atoms with van der Waals surface area (Å²) in [6, 6.07) is 9.39. The summed E-state index contributed by atoms with van der Waals surface area (Å²) in [6.07, 6.45) is 1.53. The Morgan fingerprint density at radius 3 is 2.68 bits per heavy atom. The van der Waals surface area contributed by atoms with Crippen LogP contribution in [0.2, 0.25) is 0 Å². The predicted octanol–water partition coefficient (Wildman–Crippen LogP) is 3.67. The van der Waals surface area contributed by atoms with Gasteiger partial charge in [0.2, 0.25) is 5.82 Å². The lowest BCUT2D eigenvalue weighted by Gasteiger charge is -2.06. The minimum atomic E-state index is -0.449. The van der Waals surface area contributed by atoms with E-state index in [9.17, 15) is 10.1 Å². The molecule has 0 fully saturated rings. The number of halogens is 1. The molecule has 0 saturated heterocycles. The van der Waals surface area contributed by atoms with E-state index in [1.165, 1.54) is 17.8 Å². The average molecular weight is 322 g/mol. The van der Waals surface area contributed by atoms with E-state index in [4.69, 9.17) is 0 Å². The van der Waals surface area contributed by atoms with Gasteiger partial charge in [0.15, 0.2) is 0 Å². The number of nitro groups is 1. The summed E-state index contributed by atoms with van der Waals surface area (Å²) in [7, 11) is 0. The first-order valence-electron chi connectivity index (χ1n) is 5.65. The summed E-state index contributed by atoms with van der Waals surface area (Å²) in [5, 5.41) is 13.9. The molecule has 1 heterocycles. The highest BCUT2D eigenvalue weighted by Gasteiger charge is 2.15. The standard InChI is InChI=1S/C13H12BrN3O2/c1-9-2-4-10(5-3-9)7-15-13-12(17(18)19)6-11(14)8-16-13/h2-6,8H,7H2,1H3,(H,15,16). The van der Waals surface area contributed by atoms with Crippen molar-refractivity contribution >= 4 is 27.4 Å². The van der Waals surface area contributed by atoms with Crippen molar-refractivity contribution in [2.24, 2.45) is 0 Å². The van der Waals surface area contributed by atoms with Crippen molar-refractivity contribution in [3.8, 4) is 0 Å². The lowest BCUT2D eigenvalue weighted by atomic mass is 10.1. The van der Waals surface area contributed by atoms with Gasteiger partial charge in [-0.2, -0.15) is 0 Å². The van der Waals surface area contributed by atoms with E-state index in [-0.39, 0.29) is 11.5 Å². The number of nitrogens with one attached hydrogen (secondary N) is 1. The first-order valence-corrected chi connectivity index (χ1v) is 6.45. The largest absolute Gasteiger partial charge is 0.360 e. The highest BCUT2D eigenvalue weighted by Crippen LogP contribution is 2.25. The number of hydrogen-bond acceptors (Lipinski definition) is 4. The van der Waals surface area contributed by atoms with Gasteiger partial charge in [0.25, 0.3) is 0 Å². The number of rotatable bonds is 4. The van der Waals surface area contributed by atoms with Crippen molar-refractivity contribution in [3.05, 3.63) is 62.2 Å². The van der Waals surface area contributed by atoms with E-state index in [2.05, 4.69) is 26.2 Å². The Bertz CT molecular complexity index is 599. The molecule has 0 bridgehead atoms. The molecular formula is C13H12BrN3O2. The number of benzene rings is 1. The van der Waals surface area contributed by atoms with Gasteiger partial charge in [0, 0.05) is 23.3 Å². The monoisotopic (exact) mass is 321 g/mol. The number of aryl methyl sites for hydroxylation is 1. The second kappa shape index (κ2) is 5.79. The average Bonchev–Trinajstić information content (AvgIpc) is 2.39. The Hall–Kier alpha value is -1.95. The lowest BCUT2D eigenvalue weighted by molar-refractivity contribution is -0.384. The number of hydrogen-bond donors (Lipinski definition) is 1. The maximum absolute atomic E-state index is 10.9.